The van der Waals surface area contributed by atoms with Crippen LogP contribution in [0.3, 0.4) is 0 Å². The van der Waals surface area contributed by atoms with Crippen molar-refractivity contribution in [3.05, 3.63) is 105 Å². The Morgan fingerprint density at radius 3 is 0.788 bits per heavy atom. The summed E-state index contributed by atoms with van der Waals surface area (Å²) >= 11 is 0. The largest absolute Gasteiger partial charge is 0.329 e. The van der Waals surface area contributed by atoms with Gasteiger partial charge < -0.3 is 39.1 Å². The van der Waals surface area contributed by atoms with Gasteiger partial charge in [0.15, 0.2) is 0 Å². The number of hydrogen-bond acceptors (Lipinski definition) is 8. The van der Waals surface area contributed by atoms with Gasteiger partial charge in [0.2, 0.25) is 0 Å². The molecule has 4 aromatic carbocycles. The lowest BCUT2D eigenvalue weighted by Gasteiger charge is -2.32. The lowest BCUT2D eigenvalue weighted by Crippen LogP contribution is -2.43. The van der Waals surface area contributed by atoms with Crippen molar-refractivity contribution < 1.29 is 76.6 Å². The molecule has 0 fully saturated rings. The molecule has 2 heterocycles. The number of benzene rings is 4. The molecule has 0 radical (unpaired) electrons. The van der Waals surface area contributed by atoms with Crippen LogP contribution in [0.2, 0.25) is 0 Å². The highest BCUT2D eigenvalue weighted by atomic mass is 31.2. The molecule has 0 aromatic heterocycles. The SMILES string of the molecule is O=C1c2ccc3c4c(ccc(c24)C(=O)N1c1cc(CP(=O)(O)O)cc(CP(=O)(O)O)c1)C(=O)N(c1cc(CP(=O)(O)O)cc(CP(=O)(O)O)c1)C3=O. The van der Waals surface area contributed by atoms with E-state index in [1.54, 1.807) is 0 Å². The van der Waals surface area contributed by atoms with E-state index >= 15 is 0 Å². The standard InChI is InChI=1S/C30H26N2O16P4/c33-27-21-1-2-22-26-24(30(36)32(28(22)34)20-9-17(13-51(43,44)45)6-18(10-20)14-52(46,47)48)4-3-23(25(21)26)29(35)31(27)19-7-15(11-49(37,38)39)5-16(8-19)12-50(40,41)42/h1-10H,11-14H2,(H2,37,38,39)(H2,40,41,42)(H2,43,44,45)(H2,46,47,48). The fourth-order valence-corrected chi connectivity index (χ4v) is 9.04. The summed E-state index contributed by atoms with van der Waals surface area (Å²) in [6, 6.07) is 11.5. The van der Waals surface area contributed by atoms with Crippen LogP contribution in [0, 0.1) is 0 Å². The molecule has 6 rings (SSSR count). The summed E-state index contributed by atoms with van der Waals surface area (Å²) in [6.07, 6.45) is -3.52. The Labute approximate surface area is 292 Å². The Bertz CT molecular complexity index is 2150. The Hall–Kier alpha value is -3.98. The smallest absolute Gasteiger partial charge is 0.324 e. The molecule has 0 atom stereocenters. The van der Waals surface area contributed by atoms with Crippen LogP contribution in [0.5, 0.6) is 0 Å². The molecule has 4 amide bonds. The molecule has 0 saturated heterocycles. The van der Waals surface area contributed by atoms with Crippen molar-refractivity contribution in [3.63, 3.8) is 0 Å². The van der Waals surface area contributed by atoms with E-state index in [1.807, 2.05) is 0 Å². The number of carbonyl (C=O) groups is 4. The quantitative estimate of drug-likeness (QED) is 0.0844. The van der Waals surface area contributed by atoms with Crippen molar-refractivity contribution in [2.24, 2.45) is 0 Å². The van der Waals surface area contributed by atoms with Gasteiger partial charge in [-0.1, -0.05) is 12.1 Å². The second-order valence-corrected chi connectivity index (χ2v) is 18.9. The number of hydrogen-bond donors (Lipinski definition) is 8. The van der Waals surface area contributed by atoms with Gasteiger partial charge in [0, 0.05) is 33.0 Å². The van der Waals surface area contributed by atoms with E-state index in [9.17, 15) is 76.6 Å². The van der Waals surface area contributed by atoms with Gasteiger partial charge in [-0.25, -0.2) is 9.80 Å². The third-order valence-electron chi connectivity index (χ3n) is 8.04. The minimum atomic E-state index is -4.73. The van der Waals surface area contributed by atoms with Crippen LogP contribution >= 0.6 is 30.4 Å². The number of anilines is 2. The van der Waals surface area contributed by atoms with Gasteiger partial charge in [-0.05, 0) is 70.8 Å². The first kappa shape index (κ1) is 37.8. The summed E-state index contributed by atoms with van der Waals surface area (Å²) in [4.78, 5) is 134. The van der Waals surface area contributed by atoms with Gasteiger partial charge in [0.25, 0.3) is 23.6 Å². The highest BCUT2D eigenvalue weighted by Crippen LogP contribution is 2.47. The number of rotatable bonds is 10. The number of carbonyl (C=O) groups excluding carboxylic acids is 4. The predicted octanol–water partition coefficient (Wildman–Crippen LogP) is 3.15. The Morgan fingerprint density at radius 2 is 0.596 bits per heavy atom. The van der Waals surface area contributed by atoms with Crippen molar-refractivity contribution in [1.29, 1.82) is 0 Å². The molecule has 18 nitrogen and oxygen atoms in total. The van der Waals surface area contributed by atoms with Crippen molar-refractivity contribution in [1.82, 2.24) is 0 Å². The molecule has 0 saturated carbocycles. The van der Waals surface area contributed by atoms with Gasteiger partial charge in [-0.15, -0.1) is 0 Å². The van der Waals surface area contributed by atoms with Crippen LogP contribution in [-0.4, -0.2) is 62.8 Å². The Morgan fingerprint density at radius 1 is 0.385 bits per heavy atom. The van der Waals surface area contributed by atoms with Gasteiger partial charge in [-0.3, -0.25) is 37.4 Å². The molecule has 0 unspecified atom stereocenters. The summed E-state index contributed by atoms with van der Waals surface area (Å²) in [7, 11) is -18.9. The lowest BCUT2D eigenvalue weighted by molar-refractivity contribution is 0.0873. The zero-order chi connectivity index (χ0) is 38.3. The number of nitrogens with zero attached hydrogens (tertiary/aromatic N) is 2. The molecular formula is C30H26N2O16P4. The summed E-state index contributed by atoms with van der Waals surface area (Å²) in [5.41, 5.74) is -1.73. The molecule has 0 aliphatic carbocycles. The molecule has 4 aromatic rings. The molecule has 0 bridgehead atoms. The van der Waals surface area contributed by atoms with E-state index < -0.39 is 78.7 Å². The average molecular weight is 794 g/mol. The maximum Gasteiger partial charge on any atom is 0.329 e. The second-order valence-electron chi connectivity index (χ2n) is 12.3. The van der Waals surface area contributed by atoms with Crippen LogP contribution in [0.4, 0.5) is 11.4 Å². The topological polar surface area (TPSA) is 305 Å². The lowest BCUT2D eigenvalue weighted by atomic mass is 9.85. The Kier molecular flexibility index (Phi) is 9.34. The van der Waals surface area contributed by atoms with Gasteiger partial charge in [0.1, 0.15) is 0 Å². The van der Waals surface area contributed by atoms with Crippen LogP contribution in [0.1, 0.15) is 63.7 Å². The van der Waals surface area contributed by atoms with E-state index in [-0.39, 0.29) is 66.7 Å². The summed E-state index contributed by atoms with van der Waals surface area (Å²) in [5, 5.41) is -0.163. The third-order valence-corrected chi connectivity index (χ3v) is 11.1. The second kappa shape index (κ2) is 12.9. The zero-order valence-corrected chi connectivity index (χ0v) is 29.7. The Balaban J connectivity index is 1.47. The molecule has 2 aliphatic heterocycles. The first-order valence-electron chi connectivity index (χ1n) is 14.7. The molecule has 22 heteroatoms. The van der Waals surface area contributed by atoms with Crippen molar-refractivity contribution in [2.45, 2.75) is 24.6 Å². The predicted molar refractivity (Wildman–Crippen MR) is 182 cm³/mol. The van der Waals surface area contributed by atoms with E-state index in [1.165, 1.54) is 24.3 Å². The number of imide groups is 2. The molecule has 8 N–H and O–H groups in total. The summed E-state index contributed by atoms with van der Waals surface area (Å²) in [5.74, 6) is -3.98. The van der Waals surface area contributed by atoms with Crippen molar-refractivity contribution >= 4 is 76.2 Å². The molecule has 2 aliphatic rings. The highest BCUT2D eigenvalue weighted by molar-refractivity contribution is 7.51. The maximum absolute atomic E-state index is 14.0. The normalized spacial score (nSPS) is 15.2. The molecule has 272 valence electrons. The van der Waals surface area contributed by atoms with Crippen molar-refractivity contribution in [3.8, 4) is 0 Å². The first-order valence-corrected chi connectivity index (χ1v) is 21.9. The maximum atomic E-state index is 14.0. The summed E-state index contributed by atoms with van der Waals surface area (Å²) < 4.78 is 47.1. The fourth-order valence-electron chi connectivity index (χ4n) is 6.40. The van der Waals surface area contributed by atoms with Gasteiger partial charge in [-0.2, -0.15) is 0 Å². The highest BCUT2D eigenvalue weighted by Gasteiger charge is 2.41. The van der Waals surface area contributed by atoms with Crippen LogP contribution in [0.15, 0.2) is 60.7 Å². The van der Waals surface area contributed by atoms with E-state index in [0.717, 1.165) is 36.4 Å². The third kappa shape index (κ3) is 7.71. The monoisotopic (exact) mass is 794 g/mol. The molecule has 0 spiro atoms. The minimum Gasteiger partial charge on any atom is -0.324 e. The fraction of sp³-hybridized carbons (Fsp3) is 0.133. The molecular weight excluding hydrogens is 768 g/mol. The minimum absolute atomic E-state index is 0.0816. The van der Waals surface area contributed by atoms with E-state index in [4.69, 9.17) is 0 Å². The van der Waals surface area contributed by atoms with E-state index in [2.05, 4.69) is 0 Å². The first-order chi connectivity index (χ1) is 23.9. The summed E-state index contributed by atoms with van der Waals surface area (Å²) in [6.45, 7) is 0. The zero-order valence-electron chi connectivity index (χ0n) is 26.1. The van der Waals surface area contributed by atoms with E-state index in [0.29, 0.717) is 9.80 Å². The average Bonchev–Trinajstić information content (AvgIpc) is 2.95. The van der Waals surface area contributed by atoms with Gasteiger partial charge >= 0.3 is 30.4 Å². The molecule has 52 heavy (non-hydrogen) atoms. The number of amides is 4. The van der Waals surface area contributed by atoms with Crippen molar-refractivity contribution in [2.75, 3.05) is 9.80 Å². The van der Waals surface area contributed by atoms with Gasteiger partial charge in [0.05, 0.1) is 36.0 Å². The van der Waals surface area contributed by atoms with Crippen LogP contribution in [0.25, 0.3) is 10.8 Å². The van der Waals surface area contributed by atoms with Crippen LogP contribution in [-0.2, 0) is 42.9 Å². The van der Waals surface area contributed by atoms with Crippen LogP contribution < -0.4 is 9.80 Å².